The largest absolute Gasteiger partial charge is 0.337 e. The molecule has 98 valence electrons. The van der Waals surface area contributed by atoms with Gasteiger partial charge in [0.15, 0.2) is 0 Å². The Kier molecular flexibility index (Phi) is 4.28. The van der Waals surface area contributed by atoms with E-state index in [-0.39, 0.29) is 16.8 Å². The third-order valence-corrected chi connectivity index (χ3v) is 4.56. The van der Waals surface area contributed by atoms with Crippen molar-refractivity contribution in [3.63, 3.8) is 0 Å². The summed E-state index contributed by atoms with van der Waals surface area (Å²) in [5, 5.41) is -0.0618. The highest BCUT2D eigenvalue weighted by molar-refractivity contribution is 9.10. The molecule has 0 bridgehead atoms. The summed E-state index contributed by atoms with van der Waals surface area (Å²) in [7, 11) is 0. The van der Waals surface area contributed by atoms with Crippen molar-refractivity contribution in [1.82, 2.24) is 4.90 Å². The molecule has 1 aromatic rings. The summed E-state index contributed by atoms with van der Waals surface area (Å²) in [5.41, 5.74) is 0.0934. The zero-order valence-electron chi connectivity index (χ0n) is 10.00. The molecule has 18 heavy (non-hydrogen) atoms. The lowest BCUT2D eigenvalue weighted by molar-refractivity contribution is 0.0695. The van der Waals surface area contributed by atoms with Gasteiger partial charge in [0.2, 0.25) is 0 Å². The fraction of sp³-hybridized carbons (Fsp3) is 0.462. The maximum absolute atomic E-state index is 13.7. The lowest BCUT2D eigenvalue weighted by Crippen LogP contribution is -2.44. The second-order valence-electron chi connectivity index (χ2n) is 4.63. The van der Waals surface area contributed by atoms with Crippen molar-refractivity contribution >= 4 is 33.4 Å². The quantitative estimate of drug-likeness (QED) is 0.718. The summed E-state index contributed by atoms with van der Waals surface area (Å²) < 4.78 is 14.2. The molecule has 2 nitrogen and oxygen atoms in total. The number of benzene rings is 1. The van der Waals surface area contributed by atoms with Crippen LogP contribution >= 0.6 is 27.5 Å². The van der Waals surface area contributed by atoms with E-state index in [1.165, 1.54) is 6.07 Å². The van der Waals surface area contributed by atoms with Gasteiger partial charge in [-0.1, -0.05) is 13.0 Å². The van der Waals surface area contributed by atoms with Crippen molar-refractivity contribution < 1.29 is 9.18 Å². The molecule has 0 aromatic heterocycles. The number of halogens is 3. The molecule has 1 aliphatic heterocycles. The lowest BCUT2D eigenvalue weighted by Gasteiger charge is -2.34. The summed E-state index contributed by atoms with van der Waals surface area (Å²) in [6.07, 6.45) is 0.853. The van der Waals surface area contributed by atoms with Crippen LogP contribution in [0.25, 0.3) is 0 Å². The first-order valence-corrected chi connectivity index (χ1v) is 7.11. The van der Waals surface area contributed by atoms with Gasteiger partial charge in [-0.3, -0.25) is 4.79 Å². The number of amides is 1. The Bertz CT molecular complexity index is 448. The van der Waals surface area contributed by atoms with Crippen molar-refractivity contribution in [2.75, 3.05) is 13.1 Å². The molecular formula is C13H14BrClFNO. The Labute approximate surface area is 119 Å². The van der Waals surface area contributed by atoms with Crippen molar-refractivity contribution in [3.05, 3.63) is 34.1 Å². The van der Waals surface area contributed by atoms with Crippen LogP contribution in [0.5, 0.6) is 0 Å². The van der Waals surface area contributed by atoms with Crippen molar-refractivity contribution in [3.8, 4) is 0 Å². The number of hydrogen-bond acceptors (Lipinski definition) is 1. The van der Waals surface area contributed by atoms with Gasteiger partial charge in [-0.2, -0.15) is 0 Å². The molecule has 2 rings (SSSR count). The number of alkyl halides is 1. The molecule has 1 heterocycles. The van der Waals surface area contributed by atoms with Gasteiger partial charge in [-0.05, 0) is 40.4 Å². The normalized spacial score (nSPS) is 24.1. The molecule has 1 saturated heterocycles. The van der Waals surface area contributed by atoms with Crippen molar-refractivity contribution in [2.45, 2.75) is 18.7 Å². The summed E-state index contributed by atoms with van der Waals surface area (Å²) in [5.74, 6) is -0.406. The molecule has 0 radical (unpaired) electrons. The monoisotopic (exact) mass is 333 g/mol. The number of carbonyl (C=O) groups excluding carboxylic acids is 1. The first-order chi connectivity index (χ1) is 8.50. The summed E-state index contributed by atoms with van der Waals surface area (Å²) in [6, 6.07) is 4.53. The minimum Gasteiger partial charge on any atom is -0.337 e. The summed E-state index contributed by atoms with van der Waals surface area (Å²) in [4.78, 5) is 13.9. The van der Waals surface area contributed by atoms with E-state index in [0.717, 1.165) is 6.42 Å². The van der Waals surface area contributed by atoms with E-state index in [1.807, 2.05) is 0 Å². The Morgan fingerprint density at radius 3 is 2.89 bits per heavy atom. The average molecular weight is 335 g/mol. The van der Waals surface area contributed by atoms with Gasteiger partial charge in [-0.15, -0.1) is 11.6 Å². The molecule has 5 heteroatoms. The second-order valence-corrected chi connectivity index (χ2v) is 6.04. The van der Waals surface area contributed by atoms with Gasteiger partial charge in [-0.25, -0.2) is 4.39 Å². The number of rotatable bonds is 1. The van der Waals surface area contributed by atoms with E-state index in [0.29, 0.717) is 23.5 Å². The van der Waals surface area contributed by atoms with Crippen LogP contribution in [0.2, 0.25) is 0 Å². The van der Waals surface area contributed by atoms with Crippen LogP contribution in [-0.2, 0) is 0 Å². The van der Waals surface area contributed by atoms with E-state index < -0.39 is 5.82 Å². The van der Waals surface area contributed by atoms with Gasteiger partial charge < -0.3 is 4.90 Å². The number of carbonyl (C=O) groups is 1. The van der Waals surface area contributed by atoms with Crippen LogP contribution in [0.1, 0.15) is 23.7 Å². The SMILES string of the molecule is CC1CCN(C(=O)c2c(F)cccc2Br)CC1Cl. The second kappa shape index (κ2) is 5.57. The molecule has 2 atom stereocenters. The predicted molar refractivity (Wildman–Crippen MR) is 73.4 cm³/mol. The zero-order chi connectivity index (χ0) is 13.3. The molecule has 0 spiro atoms. The van der Waals surface area contributed by atoms with Crippen molar-refractivity contribution in [2.24, 2.45) is 5.92 Å². The maximum atomic E-state index is 13.7. The van der Waals surface area contributed by atoms with Crippen LogP contribution in [0.4, 0.5) is 4.39 Å². The van der Waals surface area contributed by atoms with Crippen molar-refractivity contribution in [1.29, 1.82) is 0 Å². The van der Waals surface area contributed by atoms with Crippen LogP contribution in [-0.4, -0.2) is 29.3 Å². The first-order valence-electron chi connectivity index (χ1n) is 5.88. The molecular weight excluding hydrogens is 321 g/mol. The summed E-state index contributed by atoms with van der Waals surface area (Å²) in [6.45, 7) is 3.17. The van der Waals surface area contributed by atoms with Crippen LogP contribution in [0.3, 0.4) is 0 Å². The topological polar surface area (TPSA) is 20.3 Å². The van der Waals surface area contributed by atoms with Gasteiger partial charge in [0.1, 0.15) is 5.82 Å². The molecule has 0 aliphatic carbocycles. The van der Waals surface area contributed by atoms with Crippen LogP contribution in [0.15, 0.2) is 22.7 Å². The van der Waals surface area contributed by atoms with E-state index in [2.05, 4.69) is 22.9 Å². The highest BCUT2D eigenvalue weighted by Crippen LogP contribution is 2.26. The van der Waals surface area contributed by atoms with E-state index >= 15 is 0 Å². The highest BCUT2D eigenvalue weighted by atomic mass is 79.9. The molecule has 0 saturated carbocycles. The third-order valence-electron chi connectivity index (χ3n) is 3.33. The lowest BCUT2D eigenvalue weighted by atomic mass is 9.98. The van der Waals surface area contributed by atoms with E-state index in [4.69, 9.17) is 11.6 Å². The van der Waals surface area contributed by atoms with E-state index in [1.54, 1.807) is 17.0 Å². The zero-order valence-corrected chi connectivity index (χ0v) is 12.3. The standard InChI is InChI=1S/C13H14BrClFNO/c1-8-5-6-17(7-10(8)15)13(18)12-9(14)3-2-4-11(12)16/h2-4,8,10H,5-7H2,1H3. The minimum atomic E-state index is -0.501. The van der Waals surface area contributed by atoms with Crippen LogP contribution in [0, 0.1) is 11.7 Å². The fourth-order valence-electron chi connectivity index (χ4n) is 2.07. The summed E-state index contributed by atoms with van der Waals surface area (Å²) >= 11 is 9.39. The minimum absolute atomic E-state index is 0.0618. The molecule has 1 amide bonds. The Hall–Kier alpha value is -0.610. The van der Waals surface area contributed by atoms with Gasteiger partial charge in [0.25, 0.3) is 5.91 Å². The molecule has 1 fully saturated rings. The van der Waals surface area contributed by atoms with Crippen LogP contribution < -0.4 is 0 Å². The number of hydrogen-bond donors (Lipinski definition) is 0. The first kappa shape index (κ1) is 13.8. The Morgan fingerprint density at radius 2 is 2.28 bits per heavy atom. The number of likely N-dealkylation sites (tertiary alicyclic amines) is 1. The Morgan fingerprint density at radius 1 is 1.56 bits per heavy atom. The molecule has 1 aromatic carbocycles. The van der Waals surface area contributed by atoms with E-state index in [9.17, 15) is 9.18 Å². The predicted octanol–water partition coefficient (Wildman–Crippen LogP) is 3.68. The third kappa shape index (κ3) is 2.69. The number of nitrogens with zero attached hydrogens (tertiary/aromatic N) is 1. The van der Waals surface area contributed by atoms with Gasteiger partial charge >= 0.3 is 0 Å². The molecule has 1 aliphatic rings. The Balaban J connectivity index is 2.22. The molecule has 0 N–H and O–H groups in total. The number of piperidine rings is 1. The fourth-order valence-corrected chi connectivity index (χ4v) is 2.87. The average Bonchev–Trinajstić information content (AvgIpc) is 2.32. The maximum Gasteiger partial charge on any atom is 0.258 e. The van der Waals surface area contributed by atoms with Gasteiger partial charge in [0, 0.05) is 17.6 Å². The molecule has 2 unspecified atom stereocenters. The van der Waals surface area contributed by atoms with Gasteiger partial charge in [0.05, 0.1) is 10.9 Å². The highest BCUT2D eigenvalue weighted by Gasteiger charge is 2.29. The smallest absolute Gasteiger partial charge is 0.258 e.